The molecule has 0 spiro atoms. The highest BCUT2D eigenvalue weighted by Crippen LogP contribution is 2.15. The van der Waals surface area contributed by atoms with Crippen molar-refractivity contribution in [2.45, 2.75) is 24.9 Å². The van der Waals surface area contributed by atoms with Crippen LogP contribution in [0.15, 0.2) is 0 Å². The van der Waals surface area contributed by atoms with Crippen molar-refractivity contribution in [2.75, 3.05) is 13.7 Å². The lowest BCUT2D eigenvalue weighted by Crippen LogP contribution is -2.46. The van der Waals surface area contributed by atoms with E-state index in [1.54, 1.807) is 0 Å². The lowest BCUT2D eigenvalue weighted by Gasteiger charge is -2.24. The smallest absolute Gasteiger partial charge is 0.469 e. The summed E-state index contributed by atoms with van der Waals surface area (Å²) in [5.74, 6) is -2.47. The lowest BCUT2D eigenvalue weighted by molar-refractivity contribution is -0.144. The standard InChI is InChI=1S/C9H18BNO7/c1-18-9(15)3-7(14)6(4-12)2-8(10(16)17)11-5-13/h5-8,12,14,16-17H,2-4H2,1H3,(H,11,13). The van der Waals surface area contributed by atoms with E-state index >= 15 is 0 Å². The minimum Gasteiger partial charge on any atom is -0.469 e. The van der Waals surface area contributed by atoms with Crippen molar-refractivity contribution in [3.8, 4) is 0 Å². The highest BCUT2D eigenvalue weighted by molar-refractivity contribution is 6.43. The molecule has 0 fully saturated rings. The second kappa shape index (κ2) is 8.87. The van der Waals surface area contributed by atoms with Crippen molar-refractivity contribution >= 4 is 19.5 Å². The molecule has 3 atom stereocenters. The first-order valence-electron chi connectivity index (χ1n) is 5.37. The molecule has 1 amide bonds. The van der Waals surface area contributed by atoms with Gasteiger partial charge in [0, 0.05) is 12.5 Å². The predicted octanol–water partition coefficient (Wildman–Crippen LogP) is -2.96. The first-order chi connectivity index (χ1) is 8.46. The Kier molecular flexibility index (Phi) is 8.30. The normalized spacial score (nSPS) is 15.4. The Labute approximate surface area is 105 Å². The molecule has 0 bridgehead atoms. The van der Waals surface area contributed by atoms with Crippen molar-refractivity contribution in [1.82, 2.24) is 5.32 Å². The summed E-state index contributed by atoms with van der Waals surface area (Å²) in [6.07, 6.45) is -1.33. The number of carbonyl (C=O) groups excluding carboxylic acids is 2. The molecule has 0 radical (unpaired) electrons. The summed E-state index contributed by atoms with van der Waals surface area (Å²) in [7, 11) is -0.661. The first kappa shape index (κ1) is 16.8. The van der Waals surface area contributed by atoms with Crippen LogP contribution in [-0.2, 0) is 14.3 Å². The maximum Gasteiger partial charge on any atom is 0.475 e. The Morgan fingerprint density at radius 3 is 2.50 bits per heavy atom. The fraction of sp³-hybridized carbons (Fsp3) is 0.778. The molecule has 9 heteroatoms. The van der Waals surface area contributed by atoms with Gasteiger partial charge in [0.2, 0.25) is 6.41 Å². The molecule has 5 N–H and O–H groups in total. The van der Waals surface area contributed by atoms with Gasteiger partial charge in [-0.1, -0.05) is 0 Å². The number of carbonyl (C=O) groups is 2. The van der Waals surface area contributed by atoms with Gasteiger partial charge in [-0.2, -0.15) is 0 Å². The number of ether oxygens (including phenoxy) is 1. The van der Waals surface area contributed by atoms with Crippen molar-refractivity contribution < 1.29 is 34.6 Å². The SMILES string of the molecule is COC(=O)CC(O)C(CO)CC(NC=O)B(O)O. The highest BCUT2D eigenvalue weighted by Gasteiger charge is 2.30. The van der Waals surface area contributed by atoms with Crippen molar-refractivity contribution in [2.24, 2.45) is 5.92 Å². The second-order valence-electron chi connectivity index (χ2n) is 3.83. The van der Waals surface area contributed by atoms with Crippen LogP contribution in [0.3, 0.4) is 0 Å². The topological polar surface area (TPSA) is 136 Å². The van der Waals surface area contributed by atoms with Gasteiger partial charge in [0.05, 0.1) is 25.6 Å². The fourth-order valence-electron chi connectivity index (χ4n) is 1.46. The second-order valence-corrected chi connectivity index (χ2v) is 3.83. The maximum absolute atomic E-state index is 11.0. The molecule has 0 aliphatic heterocycles. The van der Waals surface area contributed by atoms with Crippen LogP contribution in [0, 0.1) is 5.92 Å². The van der Waals surface area contributed by atoms with Gasteiger partial charge in [-0.15, -0.1) is 0 Å². The van der Waals surface area contributed by atoms with Crippen molar-refractivity contribution in [3.05, 3.63) is 0 Å². The number of rotatable bonds is 9. The van der Waals surface area contributed by atoms with Crippen LogP contribution in [0.4, 0.5) is 0 Å². The Hall–Kier alpha value is -1.16. The van der Waals surface area contributed by atoms with Gasteiger partial charge < -0.3 is 30.3 Å². The summed E-state index contributed by atoms with van der Waals surface area (Å²) >= 11 is 0. The Morgan fingerprint density at radius 1 is 1.50 bits per heavy atom. The molecule has 18 heavy (non-hydrogen) atoms. The Bertz CT molecular complexity index is 263. The first-order valence-corrected chi connectivity index (χ1v) is 5.37. The third kappa shape index (κ3) is 5.96. The predicted molar refractivity (Wildman–Crippen MR) is 61.0 cm³/mol. The van der Waals surface area contributed by atoms with Crippen LogP contribution < -0.4 is 5.32 Å². The van der Waals surface area contributed by atoms with E-state index in [2.05, 4.69) is 10.1 Å². The van der Waals surface area contributed by atoms with Gasteiger partial charge >= 0.3 is 13.1 Å². The van der Waals surface area contributed by atoms with E-state index in [9.17, 15) is 14.7 Å². The van der Waals surface area contributed by atoms with E-state index < -0.39 is 37.7 Å². The number of methoxy groups -OCH3 is 1. The van der Waals surface area contributed by atoms with Crippen molar-refractivity contribution in [1.29, 1.82) is 0 Å². The zero-order chi connectivity index (χ0) is 14.1. The molecule has 3 unspecified atom stereocenters. The summed E-state index contributed by atoms with van der Waals surface area (Å²) in [4.78, 5) is 21.2. The number of nitrogens with one attached hydrogen (secondary N) is 1. The average Bonchev–Trinajstić information content (AvgIpc) is 2.33. The van der Waals surface area contributed by atoms with Crippen molar-refractivity contribution in [3.63, 3.8) is 0 Å². The van der Waals surface area contributed by atoms with Gasteiger partial charge in [0.1, 0.15) is 0 Å². The van der Waals surface area contributed by atoms with E-state index in [1.807, 2.05) is 0 Å². The van der Waals surface area contributed by atoms with E-state index in [0.717, 1.165) is 7.11 Å². The fourth-order valence-corrected chi connectivity index (χ4v) is 1.46. The van der Waals surface area contributed by atoms with Gasteiger partial charge in [0.15, 0.2) is 0 Å². The minimum atomic E-state index is -1.82. The summed E-state index contributed by atoms with van der Waals surface area (Å²) in [6.45, 7) is -0.470. The molecule has 104 valence electrons. The third-order valence-corrected chi connectivity index (χ3v) is 2.58. The maximum atomic E-state index is 11.0. The molecule has 0 saturated carbocycles. The number of hydrogen-bond acceptors (Lipinski definition) is 7. The zero-order valence-electron chi connectivity index (χ0n) is 10.0. The number of hydrogen-bond donors (Lipinski definition) is 5. The van der Waals surface area contributed by atoms with Gasteiger partial charge in [-0.25, -0.2) is 0 Å². The summed E-state index contributed by atoms with van der Waals surface area (Å²) in [5, 5.41) is 38.9. The van der Waals surface area contributed by atoms with Crippen LogP contribution in [0.5, 0.6) is 0 Å². The average molecular weight is 263 g/mol. The Balaban J connectivity index is 4.46. The van der Waals surface area contributed by atoms with E-state index in [1.165, 1.54) is 0 Å². The zero-order valence-corrected chi connectivity index (χ0v) is 10.0. The molecular weight excluding hydrogens is 245 g/mol. The highest BCUT2D eigenvalue weighted by atomic mass is 16.5. The third-order valence-electron chi connectivity index (χ3n) is 2.58. The Morgan fingerprint density at radius 2 is 2.11 bits per heavy atom. The summed E-state index contributed by atoms with van der Waals surface area (Å²) < 4.78 is 4.36. The van der Waals surface area contributed by atoms with Crippen LogP contribution >= 0.6 is 0 Å². The molecule has 0 aliphatic carbocycles. The largest absolute Gasteiger partial charge is 0.475 e. The van der Waals surface area contributed by atoms with Gasteiger partial charge in [-0.05, 0) is 6.42 Å². The molecule has 0 heterocycles. The van der Waals surface area contributed by atoms with E-state index in [-0.39, 0.29) is 19.3 Å². The number of amides is 1. The molecule has 0 aromatic rings. The molecule has 8 nitrogen and oxygen atoms in total. The number of esters is 1. The van der Waals surface area contributed by atoms with Crippen LogP contribution in [0.25, 0.3) is 0 Å². The molecule has 0 rings (SSSR count). The number of aliphatic hydroxyl groups is 2. The van der Waals surface area contributed by atoms with Crippen LogP contribution in [-0.4, -0.2) is 65.5 Å². The molecular formula is C9H18BNO7. The van der Waals surface area contributed by atoms with Crippen LogP contribution in [0.2, 0.25) is 0 Å². The lowest BCUT2D eigenvalue weighted by atomic mass is 9.73. The van der Waals surface area contributed by atoms with Gasteiger partial charge in [0.25, 0.3) is 0 Å². The monoisotopic (exact) mass is 263 g/mol. The summed E-state index contributed by atoms with van der Waals surface area (Å²) in [5.41, 5.74) is 0. The van der Waals surface area contributed by atoms with Gasteiger partial charge in [-0.3, -0.25) is 9.59 Å². The molecule has 0 aliphatic rings. The van der Waals surface area contributed by atoms with Crippen LogP contribution in [0.1, 0.15) is 12.8 Å². The number of aliphatic hydroxyl groups excluding tert-OH is 2. The molecule has 0 saturated heterocycles. The molecule has 0 aromatic carbocycles. The minimum absolute atomic E-state index is 0.0922. The molecule has 0 aromatic heterocycles. The van der Waals surface area contributed by atoms with E-state index in [4.69, 9.17) is 15.2 Å². The quantitative estimate of drug-likeness (QED) is 0.170. The summed E-state index contributed by atoms with van der Waals surface area (Å²) in [6, 6.07) is 0. The van der Waals surface area contributed by atoms with E-state index in [0.29, 0.717) is 0 Å².